The van der Waals surface area contributed by atoms with Crippen molar-refractivity contribution in [2.24, 2.45) is 5.73 Å². The van der Waals surface area contributed by atoms with Crippen LogP contribution in [-0.2, 0) is 6.61 Å². The molecule has 2 aromatic carbocycles. The zero-order valence-corrected chi connectivity index (χ0v) is 10.9. The molecule has 0 radical (unpaired) electrons. The van der Waals surface area contributed by atoms with Crippen LogP contribution in [0.3, 0.4) is 0 Å². The summed E-state index contributed by atoms with van der Waals surface area (Å²) in [6.45, 7) is -0.127. The van der Waals surface area contributed by atoms with E-state index < -0.39 is 22.2 Å². The first-order chi connectivity index (χ1) is 10.0. The summed E-state index contributed by atoms with van der Waals surface area (Å²) in [6.07, 6.45) is 0. The zero-order chi connectivity index (χ0) is 15.4. The summed E-state index contributed by atoms with van der Waals surface area (Å²) in [4.78, 5) is 10.2. The highest BCUT2D eigenvalue weighted by Gasteiger charge is 2.19. The minimum Gasteiger partial charge on any atom is -0.480 e. The molecule has 0 amide bonds. The van der Waals surface area contributed by atoms with E-state index in [0.29, 0.717) is 11.1 Å². The Hall–Kier alpha value is -2.96. The van der Waals surface area contributed by atoms with Gasteiger partial charge in [-0.25, -0.2) is 4.39 Å². The summed E-state index contributed by atoms with van der Waals surface area (Å²) < 4.78 is 18.9. The minimum absolute atomic E-state index is 0.127. The van der Waals surface area contributed by atoms with E-state index in [4.69, 9.17) is 15.9 Å². The predicted molar refractivity (Wildman–Crippen MR) is 74.8 cm³/mol. The smallest absolute Gasteiger partial charge is 0.314 e. The lowest BCUT2D eigenvalue weighted by Gasteiger charge is -2.10. The van der Waals surface area contributed by atoms with Crippen molar-refractivity contribution in [1.82, 2.24) is 0 Å². The monoisotopic (exact) mass is 289 g/mol. The van der Waals surface area contributed by atoms with Gasteiger partial charge in [0.2, 0.25) is 5.75 Å². The Bertz CT molecular complexity index is 704. The topological polar surface area (TPSA) is 102 Å². The summed E-state index contributed by atoms with van der Waals surface area (Å²) in [5.74, 6) is -1.40. The van der Waals surface area contributed by atoms with Gasteiger partial charge in [0, 0.05) is 17.2 Å². The molecule has 0 fully saturated rings. The van der Waals surface area contributed by atoms with Crippen LogP contribution in [0.15, 0.2) is 42.5 Å². The first kappa shape index (κ1) is 14.4. The van der Waals surface area contributed by atoms with E-state index in [9.17, 15) is 14.5 Å². The van der Waals surface area contributed by atoms with Crippen molar-refractivity contribution in [3.63, 3.8) is 0 Å². The van der Waals surface area contributed by atoms with Crippen LogP contribution in [0.4, 0.5) is 10.1 Å². The van der Waals surface area contributed by atoms with Gasteiger partial charge in [0.05, 0.1) is 4.92 Å². The van der Waals surface area contributed by atoms with Crippen molar-refractivity contribution in [3.8, 4) is 5.75 Å². The number of hydrogen-bond acceptors (Lipinski definition) is 4. The third kappa shape index (κ3) is 3.14. The van der Waals surface area contributed by atoms with Crippen LogP contribution in [-0.4, -0.2) is 10.8 Å². The highest BCUT2D eigenvalue weighted by molar-refractivity contribution is 5.96. The third-order valence-electron chi connectivity index (χ3n) is 2.82. The van der Waals surface area contributed by atoms with Crippen molar-refractivity contribution in [2.45, 2.75) is 6.61 Å². The fraction of sp³-hybridized carbons (Fsp3) is 0.0714. The number of amidine groups is 1. The average Bonchev–Trinajstić information content (AvgIpc) is 2.45. The maximum Gasteiger partial charge on any atom is 0.314 e. The van der Waals surface area contributed by atoms with Crippen LogP contribution in [0.2, 0.25) is 0 Å². The maximum atomic E-state index is 13.7. The second-order valence-electron chi connectivity index (χ2n) is 4.20. The third-order valence-corrected chi connectivity index (χ3v) is 2.82. The summed E-state index contributed by atoms with van der Waals surface area (Å²) in [6, 6.07) is 10.2. The van der Waals surface area contributed by atoms with Crippen molar-refractivity contribution < 1.29 is 14.1 Å². The van der Waals surface area contributed by atoms with Crippen molar-refractivity contribution in [3.05, 3.63) is 69.5 Å². The standard InChI is InChI=1S/C14H12FN3O3/c15-11-6-3-7-12(18(19)20)13(11)21-8-9-4-1-2-5-10(9)14(16)17/h1-7H,8H2,(H3,16,17). The Morgan fingerprint density at radius 1 is 1.29 bits per heavy atom. The van der Waals surface area contributed by atoms with E-state index >= 15 is 0 Å². The fourth-order valence-corrected chi connectivity index (χ4v) is 1.84. The van der Waals surface area contributed by atoms with Gasteiger partial charge in [0.1, 0.15) is 12.4 Å². The molecule has 0 unspecified atom stereocenters. The van der Waals surface area contributed by atoms with E-state index in [1.165, 1.54) is 6.07 Å². The zero-order valence-electron chi connectivity index (χ0n) is 10.9. The molecule has 0 heterocycles. The molecule has 108 valence electrons. The first-order valence-electron chi connectivity index (χ1n) is 5.98. The summed E-state index contributed by atoms with van der Waals surface area (Å²) in [5, 5.41) is 18.3. The molecular weight excluding hydrogens is 277 g/mol. The summed E-state index contributed by atoms with van der Waals surface area (Å²) >= 11 is 0. The van der Waals surface area contributed by atoms with E-state index in [2.05, 4.69) is 0 Å². The summed E-state index contributed by atoms with van der Waals surface area (Å²) in [5.41, 5.74) is 5.97. The van der Waals surface area contributed by atoms with Gasteiger partial charge in [-0.05, 0) is 6.07 Å². The minimum atomic E-state index is -0.815. The number of nitro groups is 1. The molecule has 0 aliphatic rings. The number of nitrogens with zero attached hydrogens (tertiary/aromatic N) is 1. The van der Waals surface area contributed by atoms with Crippen LogP contribution in [0, 0.1) is 21.3 Å². The van der Waals surface area contributed by atoms with Crippen molar-refractivity contribution >= 4 is 11.5 Å². The van der Waals surface area contributed by atoms with Crippen LogP contribution >= 0.6 is 0 Å². The molecule has 21 heavy (non-hydrogen) atoms. The van der Waals surface area contributed by atoms with Gasteiger partial charge in [-0.15, -0.1) is 0 Å². The largest absolute Gasteiger partial charge is 0.480 e. The van der Waals surface area contributed by atoms with Gasteiger partial charge < -0.3 is 10.5 Å². The van der Waals surface area contributed by atoms with Crippen LogP contribution in [0.25, 0.3) is 0 Å². The average molecular weight is 289 g/mol. The Kier molecular flexibility index (Phi) is 4.13. The summed E-state index contributed by atoms with van der Waals surface area (Å²) in [7, 11) is 0. The highest BCUT2D eigenvalue weighted by Crippen LogP contribution is 2.30. The molecule has 3 N–H and O–H groups in total. The van der Waals surface area contributed by atoms with Gasteiger partial charge in [-0.3, -0.25) is 15.5 Å². The molecule has 0 aromatic heterocycles. The number of nitrogens with two attached hydrogens (primary N) is 1. The quantitative estimate of drug-likeness (QED) is 0.382. The Labute approximate surface area is 119 Å². The van der Waals surface area contributed by atoms with E-state index in [-0.39, 0.29) is 12.4 Å². The number of nitrogens with one attached hydrogen (secondary N) is 1. The van der Waals surface area contributed by atoms with Gasteiger partial charge in [0.15, 0.2) is 5.82 Å². The molecule has 0 atom stereocenters. The Balaban J connectivity index is 2.29. The lowest BCUT2D eigenvalue weighted by Crippen LogP contribution is -2.15. The Morgan fingerprint density at radius 2 is 2.00 bits per heavy atom. The number of benzene rings is 2. The second-order valence-corrected chi connectivity index (χ2v) is 4.20. The van der Waals surface area contributed by atoms with Gasteiger partial charge in [0.25, 0.3) is 0 Å². The van der Waals surface area contributed by atoms with Gasteiger partial charge in [-0.2, -0.15) is 0 Å². The molecular formula is C14H12FN3O3. The lowest BCUT2D eigenvalue weighted by atomic mass is 10.1. The number of para-hydroxylation sites is 1. The van der Waals surface area contributed by atoms with E-state index in [0.717, 1.165) is 12.1 Å². The van der Waals surface area contributed by atoms with Crippen molar-refractivity contribution in [1.29, 1.82) is 5.41 Å². The fourth-order valence-electron chi connectivity index (χ4n) is 1.84. The van der Waals surface area contributed by atoms with E-state index in [1.54, 1.807) is 24.3 Å². The highest BCUT2D eigenvalue weighted by atomic mass is 19.1. The van der Waals surface area contributed by atoms with Crippen LogP contribution in [0.5, 0.6) is 5.75 Å². The molecule has 2 rings (SSSR count). The molecule has 6 nitrogen and oxygen atoms in total. The first-order valence-corrected chi connectivity index (χ1v) is 5.98. The number of hydrogen-bond donors (Lipinski definition) is 2. The van der Waals surface area contributed by atoms with Gasteiger partial charge in [-0.1, -0.05) is 30.3 Å². The molecule has 0 aliphatic carbocycles. The Morgan fingerprint density at radius 3 is 2.67 bits per heavy atom. The number of rotatable bonds is 5. The molecule has 0 aliphatic heterocycles. The normalized spacial score (nSPS) is 10.1. The number of nitrogen functional groups attached to an aromatic ring is 1. The SMILES string of the molecule is N=C(N)c1ccccc1COc1c(F)cccc1[N+](=O)[O-]. The van der Waals surface area contributed by atoms with Crippen molar-refractivity contribution in [2.75, 3.05) is 0 Å². The lowest BCUT2D eigenvalue weighted by molar-refractivity contribution is -0.386. The van der Waals surface area contributed by atoms with E-state index in [1.807, 2.05) is 0 Å². The molecule has 0 bridgehead atoms. The predicted octanol–water partition coefficient (Wildman–Crippen LogP) is 2.60. The molecule has 7 heteroatoms. The molecule has 0 saturated carbocycles. The van der Waals surface area contributed by atoms with Crippen LogP contribution < -0.4 is 10.5 Å². The molecule has 2 aromatic rings. The maximum absolute atomic E-state index is 13.7. The molecule has 0 saturated heterocycles. The number of ether oxygens (including phenoxy) is 1. The number of nitro benzene ring substituents is 1. The van der Waals surface area contributed by atoms with Crippen LogP contribution in [0.1, 0.15) is 11.1 Å². The van der Waals surface area contributed by atoms with Gasteiger partial charge >= 0.3 is 5.69 Å². The number of halogens is 1. The second kappa shape index (κ2) is 6.00. The molecule has 0 spiro atoms.